The molecular formula is C29H37N5O6. The highest BCUT2D eigenvalue weighted by Crippen LogP contribution is 2.33. The predicted molar refractivity (Wildman–Crippen MR) is 146 cm³/mol. The number of aliphatic hydroxyl groups is 1. The zero-order valence-electron chi connectivity index (χ0n) is 22.9. The summed E-state index contributed by atoms with van der Waals surface area (Å²) in [6, 6.07) is 5.64. The number of carbonyl (C=O) groups excluding carboxylic acids is 4. The molecule has 1 saturated heterocycles. The van der Waals surface area contributed by atoms with E-state index >= 15 is 0 Å². The molecule has 214 valence electrons. The van der Waals surface area contributed by atoms with Gasteiger partial charge in [-0.15, -0.1) is 0 Å². The average Bonchev–Trinajstić information content (AvgIpc) is 2.91. The third-order valence-electron chi connectivity index (χ3n) is 8.04. The van der Waals surface area contributed by atoms with Gasteiger partial charge in [-0.25, -0.2) is 0 Å². The van der Waals surface area contributed by atoms with Crippen LogP contribution in [-0.4, -0.2) is 81.0 Å². The van der Waals surface area contributed by atoms with E-state index in [9.17, 15) is 29.4 Å². The largest absolute Gasteiger partial charge is 0.507 e. The molecule has 1 aliphatic heterocycles. The SMILES string of the molecule is C[C@H]1NC(=O)C(C2CCC2)N(C)C(=O)[C@H](C)[C@H](O)[C@H](Cc2cccnc2)NC(=O)[C@H]1NC(=O)c1ccccc1O. The van der Waals surface area contributed by atoms with Gasteiger partial charge in [-0.05, 0) is 55.9 Å². The number of hydrogen-bond donors (Lipinski definition) is 5. The minimum absolute atomic E-state index is 0.0295. The van der Waals surface area contributed by atoms with Crippen molar-refractivity contribution in [2.24, 2.45) is 11.8 Å². The lowest BCUT2D eigenvalue weighted by atomic mass is 9.78. The monoisotopic (exact) mass is 551 g/mol. The molecule has 0 spiro atoms. The Morgan fingerprint density at radius 3 is 2.42 bits per heavy atom. The summed E-state index contributed by atoms with van der Waals surface area (Å²) in [5, 5.41) is 29.9. The first-order valence-corrected chi connectivity index (χ1v) is 13.6. The molecule has 0 bridgehead atoms. The van der Waals surface area contributed by atoms with E-state index in [1.165, 1.54) is 17.0 Å². The molecule has 1 unspecified atom stereocenters. The second-order valence-electron chi connectivity index (χ2n) is 10.8. The summed E-state index contributed by atoms with van der Waals surface area (Å²) < 4.78 is 0. The van der Waals surface area contributed by atoms with Crippen LogP contribution in [0.3, 0.4) is 0 Å². The number of aromatic hydroxyl groups is 1. The van der Waals surface area contributed by atoms with Crippen molar-refractivity contribution in [2.75, 3.05) is 7.05 Å². The van der Waals surface area contributed by atoms with Crippen molar-refractivity contribution in [2.45, 2.75) is 69.8 Å². The smallest absolute Gasteiger partial charge is 0.255 e. The van der Waals surface area contributed by atoms with Crippen LogP contribution in [-0.2, 0) is 20.8 Å². The molecule has 2 aliphatic rings. The van der Waals surface area contributed by atoms with Crippen molar-refractivity contribution in [3.63, 3.8) is 0 Å². The van der Waals surface area contributed by atoms with E-state index in [4.69, 9.17) is 0 Å². The van der Waals surface area contributed by atoms with E-state index < -0.39 is 59.8 Å². The number of carbonyl (C=O) groups is 4. The topological polar surface area (TPSA) is 161 Å². The summed E-state index contributed by atoms with van der Waals surface area (Å²) >= 11 is 0. The van der Waals surface area contributed by atoms with Crippen LogP contribution in [0.2, 0.25) is 0 Å². The standard InChI is InChI=1S/C29H37N5O6/c1-16-25(36)21(14-18-8-7-13-30-15-18)32-27(38)23(33-26(37)20-11-4-5-12-22(20)35)17(2)31-28(39)24(19-9-6-10-19)34(3)29(16)40/h4-5,7-8,11-13,15-17,19,21,23-25,35-36H,6,9-10,14H2,1-3H3,(H,31,39)(H,32,38)(H,33,37)/t16-,17-,21+,23+,24?,25+/m1/s1. The average molecular weight is 552 g/mol. The van der Waals surface area contributed by atoms with Gasteiger partial charge in [0, 0.05) is 19.4 Å². The number of aromatic nitrogens is 1. The fraction of sp³-hybridized carbons (Fsp3) is 0.483. The zero-order valence-corrected chi connectivity index (χ0v) is 22.9. The van der Waals surface area contributed by atoms with Crippen molar-refractivity contribution in [1.82, 2.24) is 25.8 Å². The third-order valence-corrected chi connectivity index (χ3v) is 8.04. The molecule has 0 radical (unpaired) electrons. The Labute approximate surface area is 233 Å². The number of benzene rings is 1. The number of phenols is 1. The van der Waals surface area contributed by atoms with Gasteiger partial charge in [0.1, 0.15) is 17.8 Å². The van der Waals surface area contributed by atoms with Crippen LogP contribution in [0.5, 0.6) is 5.75 Å². The van der Waals surface area contributed by atoms with Crippen molar-refractivity contribution >= 4 is 23.6 Å². The molecule has 5 N–H and O–H groups in total. The number of amides is 4. The molecule has 4 amide bonds. The number of nitrogens with one attached hydrogen (secondary N) is 3. The minimum atomic E-state index is -1.30. The van der Waals surface area contributed by atoms with Crippen molar-refractivity contribution in [3.8, 4) is 5.75 Å². The van der Waals surface area contributed by atoms with E-state index in [0.29, 0.717) is 0 Å². The van der Waals surface area contributed by atoms with Gasteiger partial charge in [0.15, 0.2) is 0 Å². The molecule has 11 nitrogen and oxygen atoms in total. The second kappa shape index (κ2) is 12.5. The Morgan fingerprint density at radius 1 is 1.07 bits per heavy atom. The van der Waals surface area contributed by atoms with Crippen molar-refractivity contribution in [1.29, 1.82) is 0 Å². The number of rotatable bonds is 5. The summed E-state index contributed by atoms with van der Waals surface area (Å²) in [6.07, 6.45) is 4.59. The highest BCUT2D eigenvalue weighted by molar-refractivity contribution is 6.00. The minimum Gasteiger partial charge on any atom is -0.507 e. The molecule has 2 fully saturated rings. The summed E-state index contributed by atoms with van der Waals surface area (Å²) in [4.78, 5) is 59.4. The first-order valence-electron chi connectivity index (χ1n) is 13.6. The lowest BCUT2D eigenvalue weighted by molar-refractivity contribution is -0.149. The quantitative estimate of drug-likeness (QED) is 0.367. The zero-order chi connectivity index (χ0) is 29.0. The fourth-order valence-electron chi connectivity index (χ4n) is 5.41. The van der Waals surface area contributed by atoms with Crippen LogP contribution < -0.4 is 16.0 Å². The van der Waals surface area contributed by atoms with Crippen molar-refractivity contribution in [3.05, 3.63) is 59.9 Å². The summed E-state index contributed by atoms with van der Waals surface area (Å²) in [7, 11) is 1.57. The second-order valence-corrected chi connectivity index (χ2v) is 10.8. The molecule has 1 aliphatic carbocycles. The molecule has 2 aromatic rings. The highest BCUT2D eigenvalue weighted by Gasteiger charge is 2.43. The van der Waals surface area contributed by atoms with E-state index in [0.717, 1.165) is 24.8 Å². The van der Waals surface area contributed by atoms with Gasteiger partial charge in [-0.2, -0.15) is 0 Å². The fourth-order valence-corrected chi connectivity index (χ4v) is 5.41. The third kappa shape index (κ3) is 6.25. The summed E-state index contributed by atoms with van der Waals surface area (Å²) in [5.41, 5.74) is 0.702. The Hall–Kier alpha value is -3.99. The number of para-hydroxylation sites is 1. The van der Waals surface area contributed by atoms with E-state index in [2.05, 4.69) is 20.9 Å². The summed E-state index contributed by atoms with van der Waals surface area (Å²) in [6.45, 7) is 3.17. The van der Waals surface area contributed by atoms with Gasteiger partial charge in [0.05, 0.1) is 29.7 Å². The van der Waals surface area contributed by atoms with Gasteiger partial charge in [0.25, 0.3) is 5.91 Å². The van der Waals surface area contributed by atoms with Gasteiger partial charge in [-0.3, -0.25) is 24.2 Å². The first-order chi connectivity index (χ1) is 19.1. The molecule has 1 aromatic heterocycles. The van der Waals surface area contributed by atoms with Gasteiger partial charge < -0.3 is 31.1 Å². The lowest BCUT2D eigenvalue weighted by Crippen LogP contribution is -2.65. The van der Waals surface area contributed by atoms with Crippen molar-refractivity contribution < 1.29 is 29.4 Å². The number of pyridine rings is 1. The first kappa shape index (κ1) is 29.0. The van der Waals surface area contributed by atoms with Crippen LogP contribution >= 0.6 is 0 Å². The Bertz CT molecular complexity index is 1240. The maximum absolute atomic E-state index is 13.7. The highest BCUT2D eigenvalue weighted by atomic mass is 16.3. The number of phenolic OH excluding ortho intramolecular Hbond substituents is 1. The molecule has 2 heterocycles. The molecule has 1 saturated carbocycles. The number of hydrogen-bond acceptors (Lipinski definition) is 7. The Morgan fingerprint density at radius 2 is 1.80 bits per heavy atom. The van der Waals surface area contributed by atoms with Crippen LogP contribution in [0.4, 0.5) is 0 Å². The molecule has 1 aromatic carbocycles. The van der Waals surface area contributed by atoms with Crippen LogP contribution in [0.15, 0.2) is 48.8 Å². The predicted octanol–water partition coefficient (Wildman–Crippen LogP) is 0.756. The van der Waals surface area contributed by atoms with E-state index in [-0.39, 0.29) is 23.7 Å². The maximum atomic E-state index is 13.7. The molecule has 40 heavy (non-hydrogen) atoms. The summed E-state index contributed by atoms with van der Waals surface area (Å²) in [5.74, 6) is -3.44. The Balaban J connectivity index is 1.70. The molecule has 11 heteroatoms. The number of likely N-dealkylation sites (N-methyl/N-ethyl adjacent to an activating group) is 1. The van der Waals surface area contributed by atoms with Crippen LogP contribution in [0.25, 0.3) is 0 Å². The lowest BCUT2D eigenvalue weighted by Gasteiger charge is -2.41. The number of aliphatic hydroxyl groups excluding tert-OH is 1. The normalized spacial score (nSPS) is 28.4. The molecular weight excluding hydrogens is 514 g/mol. The Kier molecular flexibility index (Phi) is 9.03. The van der Waals surface area contributed by atoms with E-state index in [1.54, 1.807) is 57.6 Å². The van der Waals surface area contributed by atoms with Gasteiger partial charge in [-0.1, -0.05) is 31.5 Å². The number of nitrogens with zero attached hydrogens (tertiary/aromatic N) is 2. The van der Waals surface area contributed by atoms with Crippen LogP contribution in [0, 0.1) is 11.8 Å². The van der Waals surface area contributed by atoms with Gasteiger partial charge >= 0.3 is 0 Å². The van der Waals surface area contributed by atoms with E-state index in [1.807, 2.05) is 0 Å². The maximum Gasteiger partial charge on any atom is 0.255 e. The van der Waals surface area contributed by atoms with Crippen LogP contribution in [0.1, 0.15) is 49.0 Å². The molecule has 6 atom stereocenters. The van der Waals surface area contributed by atoms with Gasteiger partial charge in [0.2, 0.25) is 17.7 Å². The molecule has 4 rings (SSSR count).